The zero-order chi connectivity index (χ0) is 20.2. The molecule has 0 radical (unpaired) electrons. The van der Waals surface area contributed by atoms with Crippen LogP contribution in [0, 0.1) is 11.8 Å². The average molecular weight is 386 g/mol. The van der Waals surface area contributed by atoms with Crippen molar-refractivity contribution in [3.05, 3.63) is 0 Å². The number of hydrogen-bond donors (Lipinski definition) is 1. The molecule has 0 spiro atoms. The van der Waals surface area contributed by atoms with Crippen LogP contribution >= 0.6 is 0 Å². The minimum absolute atomic E-state index is 0.0160. The van der Waals surface area contributed by atoms with Crippen LogP contribution < -0.4 is 5.32 Å². The standard InChI is InChI=1S/C11H20N2O3.C8H15NO2/c1-4-16-10(14)9-5-7-13(8-6-9)11(15)12(2)3;1-2-11-8(10)7-3-5-9-6-4-7/h9H,4-8H2,1-3H3;7,9H,2-6H2,1H3. The van der Waals surface area contributed by atoms with Gasteiger partial charge in [-0.05, 0) is 52.6 Å². The number of hydrogen-bond acceptors (Lipinski definition) is 6. The number of urea groups is 1. The van der Waals surface area contributed by atoms with E-state index in [1.165, 1.54) is 0 Å². The Morgan fingerprint density at radius 1 is 0.889 bits per heavy atom. The third-order valence-electron chi connectivity index (χ3n) is 4.73. The summed E-state index contributed by atoms with van der Waals surface area (Å²) < 4.78 is 9.89. The zero-order valence-corrected chi connectivity index (χ0v) is 17.2. The molecule has 27 heavy (non-hydrogen) atoms. The van der Waals surface area contributed by atoms with Crippen molar-refractivity contribution in [2.45, 2.75) is 39.5 Å². The topological polar surface area (TPSA) is 88.2 Å². The van der Waals surface area contributed by atoms with Gasteiger partial charge < -0.3 is 24.6 Å². The van der Waals surface area contributed by atoms with E-state index in [1.807, 2.05) is 13.8 Å². The summed E-state index contributed by atoms with van der Waals surface area (Å²) in [7, 11) is 3.47. The summed E-state index contributed by atoms with van der Waals surface area (Å²) in [4.78, 5) is 37.6. The molecule has 0 atom stereocenters. The number of piperidine rings is 2. The Balaban J connectivity index is 0.000000289. The van der Waals surface area contributed by atoms with Crippen LogP contribution in [0.15, 0.2) is 0 Å². The number of likely N-dealkylation sites (tertiary alicyclic amines) is 1. The summed E-state index contributed by atoms with van der Waals surface area (Å²) in [6.45, 7) is 7.76. The molecule has 0 saturated carbocycles. The van der Waals surface area contributed by atoms with Crippen LogP contribution in [0.4, 0.5) is 4.79 Å². The van der Waals surface area contributed by atoms with Gasteiger partial charge in [0.15, 0.2) is 0 Å². The highest BCUT2D eigenvalue weighted by Gasteiger charge is 2.28. The van der Waals surface area contributed by atoms with Crippen molar-refractivity contribution in [2.24, 2.45) is 11.8 Å². The largest absolute Gasteiger partial charge is 0.466 e. The molecule has 0 aromatic carbocycles. The molecule has 8 nitrogen and oxygen atoms in total. The third-order valence-corrected chi connectivity index (χ3v) is 4.73. The van der Waals surface area contributed by atoms with E-state index in [0.717, 1.165) is 25.9 Å². The number of nitrogens with zero attached hydrogens (tertiary/aromatic N) is 2. The smallest absolute Gasteiger partial charge is 0.319 e. The third kappa shape index (κ3) is 8.15. The normalized spacial score (nSPS) is 18.1. The highest BCUT2D eigenvalue weighted by molar-refractivity contribution is 5.75. The molecule has 8 heteroatoms. The quantitative estimate of drug-likeness (QED) is 0.738. The molecule has 0 aliphatic carbocycles. The minimum Gasteiger partial charge on any atom is -0.466 e. The molecule has 2 heterocycles. The summed E-state index contributed by atoms with van der Waals surface area (Å²) in [5.74, 6) is -0.0317. The van der Waals surface area contributed by atoms with Crippen LogP contribution in [-0.2, 0) is 19.1 Å². The van der Waals surface area contributed by atoms with Gasteiger partial charge in [-0.3, -0.25) is 9.59 Å². The molecule has 2 amide bonds. The maximum atomic E-state index is 11.6. The number of rotatable bonds is 4. The lowest BCUT2D eigenvalue weighted by molar-refractivity contribution is -0.150. The Hall–Kier alpha value is -1.83. The van der Waals surface area contributed by atoms with Crippen molar-refractivity contribution in [1.29, 1.82) is 0 Å². The van der Waals surface area contributed by atoms with E-state index in [0.29, 0.717) is 39.1 Å². The van der Waals surface area contributed by atoms with Crippen molar-refractivity contribution in [2.75, 3.05) is 53.5 Å². The Bertz CT molecular complexity index is 470. The zero-order valence-electron chi connectivity index (χ0n) is 17.2. The second-order valence-electron chi connectivity index (χ2n) is 6.97. The number of amides is 2. The number of esters is 2. The molecule has 156 valence electrons. The van der Waals surface area contributed by atoms with Gasteiger partial charge in [0.25, 0.3) is 0 Å². The molecule has 2 fully saturated rings. The first-order valence-corrected chi connectivity index (χ1v) is 9.90. The highest BCUT2D eigenvalue weighted by atomic mass is 16.5. The van der Waals surface area contributed by atoms with Crippen molar-refractivity contribution in [1.82, 2.24) is 15.1 Å². The van der Waals surface area contributed by atoms with E-state index in [4.69, 9.17) is 9.47 Å². The van der Waals surface area contributed by atoms with Crippen LogP contribution in [0.1, 0.15) is 39.5 Å². The predicted octanol–water partition coefficient (Wildman–Crippen LogP) is 1.49. The summed E-state index contributed by atoms with van der Waals surface area (Å²) in [6.07, 6.45) is 3.27. The molecule has 1 N–H and O–H groups in total. The van der Waals surface area contributed by atoms with Crippen molar-refractivity contribution >= 4 is 18.0 Å². The van der Waals surface area contributed by atoms with Crippen molar-refractivity contribution in [3.8, 4) is 0 Å². The fourth-order valence-electron chi connectivity index (χ4n) is 3.17. The second kappa shape index (κ2) is 12.5. The lowest BCUT2D eigenvalue weighted by Crippen LogP contribution is -2.45. The monoisotopic (exact) mass is 385 g/mol. The number of carbonyl (C=O) groups excluding carboxylic acids is 3. The second-order valence-corrected chi connectivity index (χ2v) is 6.97. The molecule has 2 saturated heterocycles. The fraction of sp³-hybridized carbons (Fsp3) is 0.842. The van der Waals surface area contributed by atoms with E-state index in [9.17, 15) is 14.4 Å². The van der Waals surface area contributed by atoms with E-state index in [-0.39, 0.29) is 29.8 Å². The lowest BCUT2D eigenvalue weighted by Gasteiger charge is -2.32. The molecule has 2 rings (SSSR count). The summed E-state index contributed by atoms with van der Waals surface area (Å²) in [5, 5.41) is 3.20. The van der Waals surface area contributed by atoms with E-state index < -0.39 is 0 Å². The van der Waals surface area contributed by atoms with Crippen molar-refractivity contribution < 1.29 is 23.9 Å². The maximum Gasteiger partial charge on any atom is 0.319 e. The van der Waals surface area contributed by atoms with Crippen LogP contribution in [-0.4, -0.2) is 81.3 Å². The molecular formula is C19H35N3O5. The molecule has 0 aromatic heterocycles. The minimum atomic E-state index is -0.126. The Morgan fingerprint density at radius 2 is 1.33 bits per heavy atom. The van der Waals surface area contributed by atoms with Gasteiger partial charge in [-0.25, -0.2) is 4.79 Å². The maximum absolute atomic E-state index is 11.6. The molecule has 0 aromatic rings. The molecule has 2 aliphatic heterocycles. The SMILES string of the molecule is CCOC(=O)C1CCN(C(=O)N(C)C)CC1.CCOC(=O)C1CCNCC1. The van der Waals surface area contributed by atoms with Crippen LogP contribution in [0.2, 0.25) is 0 Å². The van der Waals surface area contributed by atoms with Gasteiger partial charge in [-0.2, -0.15) is 0 Å². The van der Waals surface area contributed by atoms with Gasteiger partial charge >= 0.3 is 18.0 Å². The summed E-state index contributed by atoms with van der Waals surface area (Å²) >= 11 is 0. The van der Waals surface area contributed by atoms with E-state index in [1.54, 1.807) is 23.9 Å². The first-order chi connectivity index (χ1) is 12.9. The van der Waals surface area contributed by atoms with Crippen LogP contribution in [0.25, 0.3) is 0 Å². The Morgan fingerprint density at radius 3 is 1.74 bits per heavy atom. The van der Waals surface area contributed by atoms with Crippen molar-refractivity contribution in [3.63, 3.8) is 0 Å². The molecule has 2 aliphatic rings. The number of carbonyl (C=O) groups is 3. The fourth-order valence-corrected chi connectivity index (χ4v) is 3.17. The predicted molar refractivity (Wildman–Crippen MR) is 102 cm³/mol. The summed E-state index contributed by atoms with van der Waals surface area (Å²) in [5.41, 5.74) is 0. The van der Waals surface area contributed by atoms with Crippen LogP contribution in [0.3, 0.4) is 0 Å². The number of ether oxygens (including phenoxy) is 2. The number of nitrogens with one attached hydrogen (secondary N) is 1. The van der Waals surface area contributed by atoms with E-state index >= 15 is 0 Å². The van der Waals surface area contributed by atoms with Gasteiger partial charge in [-0.15, -0.1) is 0 Å². The first-order valence-electron chi connectivity index (χ1n) is 9.90. The van der Waals surface area contributed by atoms with Crippen LogP contribution in [0.5, 0.6) is 0 Å². The summed E-state index contributed by atoms with van der Waals surface area (Å²) in [6, 6.07) is 0.0160. The molecule has 0 unspecified atom stereocenters. The molecule has 0 bridgehead atoms. The Kier molecular flexibility index (Phi) is 10.8. The first kappa shape index (κ1) is 23.2. The van der Waals surface area contributed by atoms with Gasteiger partial charge in [0.1, 0.15) is 0 Å². The average Bonchev–Trinajstić information content (AvgIpc) is 2.69. The van der Waals surface area contributed by atoms with E-state index in [2.05, 4.69) is 5.32 Å². The van der Waals surface area contributed by atoms with Gasteiger partial charge in [-0.1, -0.05) is 0 Å². The van der Waals surface area contributed by atoms with Gasteiger partial charge in [0.2, 0.25) is 0 Å². The Labute approximate surface area is 162 Å². The lowest BCUT2D eigenvalue weighted by atomic mass is 9.97. The van der Waals surface area contributed by atoms with Gasteiger partial charge in [0, 0.05) is 27.2 Å². The molecular weight excluding hydrogens is 350 g/mol. The highest BCUT2D eigenvalue weighted by Crippen LogP contribution is 2.19. The van der Waals surface area contributed by atoms with Gasteiger partial charge in [0.05, 0.1) is 25.0 Å².